The van der Waals surface area contributed by atoms with Crippen LogP contribution in [0.1, 0.15) is 58.3 Å². The lowest BCUT2D eigenvalue weighted by Crippen LogP contribution is -2.79. The molecule has 3 heterocycles. The summed E-state index contributed by atoms with van der Waals surface area (Å²) in [5.74, 6) is -4.76. The van der Waals surface area contributed by atoms with E-state index < -0.39 is 53.6 Å². The van der Waals surface area contributed by atoms with E-state index in [1.807, 2.05) is 0 Å². The Morgan fingerprint density at radius 3 is 1.90 bits per heavy atom. The number of halogens is 2. The predicted octanol–water partition coefficient (Wildman–Crippen LogP) is -0.647. The standard InChI is InChI=1S/C27H40F2N6O6/c1-16-20-19(22(38)31-23(39)35(20,17-2-3-17)18-4-5-18)21(30)26(28,29)27(16,33-10-6-24(40,14-36)7-11-33)32-34-12-8-25(41,15-37)9-13-34/h17-18,32,36-37,40-41H,2-15H2,1H3,(H2-,30,31,38,39)/p+1. The highest BCUT2D eigenvalue weighted by molar-refractivity contribution is 6.09. The molecule has 0 aromatic heterocycles. The number of alkyl halides is 2. The van der Waals surface area contributed by atoms with Gasteiger partial charge in [0.2, 0.25) is 0 Å². The largest absolute Gasteiger partial charge is 0.429 e. The summed E-state index contributed by atoms with van der Waals surface area (Å²) in [6.07, 6.45) is 3.21. The maximum atomic E-state index is 17.1. The number of aliphatic hydroxyl groups is 4. The third-order valence-corrected chi connectivity index (χ3v) is 10.4. The first-order valence-corrected chi connectivity index (χ1v) is 14.6. The van der Waals surface area contributed by atoms with Crippen LogP contribution in [0.3, 0.4) is 0 Å². The lowest BCUT2D eigenvalue weighted by molar-refractivity contribution is -0.834. The number of carbonyl (C=O) groups excluding carboxylic acids is 2. The second-order valence-electron chi connectivity index (χ2n) is 12.9. The number of fused-ring (bicyclic) bond motifs is 1. The van der Waals surface area contributed by atoms with E-state index in [0.717, 1.165) is 25.7 Å². The Morgan fingerprint density at radius 2 is 1.44 bits per heavy atom. The van der Waals surface area contributed by atoms with Gasteiger partial charge in [-0.05, 0) is 32.6 Å². The van der Waals surface area contributed by atoms with E-state index in [0.29, 0.717) is 0 Å². The molecule has 0 spiro atoms. The highest BCUT2D eigenvalue weighted by atomic mass is 19.3. The lowest BCUT2D eigenvalue weighted by atomic mass is 9.76. The van der Waals surface area contributed by atoms with Crippen LogP contribution < -0.4 is 16.5 Å². The van der Waals surface area contributed by atoms with Gasteiger partial charge >= 0.3 is 12.0 Å². The Labute approximate surface area is 237 Å². The molecule has 41 heavy (non-hydrogen) atoms. The number of likely N-dealkylation sites (tertiary alicyclic amines) is 1. The van der Waals surface area contributed by atoms with Gasteiger partial charge in [0.15, 0.2) is 11.4 Å². The fourth-order valence-corrected chi connectivity index (χ4v) is 7.58. The molecular formula is C27H41F2N6O6+. The number of hydrogen-bond acceptors (Lipinski definition) is 10. The van der Waals surface area contributed by atoms with Crippen LogP contribution in [0.5, 0.6) is 0 Å². The average Bonchev–Trinajstić information content (AvgIpc) is 3.86. The van der Waals surface area contributed by atoms with Gasteiger partial charge in [0.05, 0.1) is 24.4 Å². The third kappa shape index (κ3) is 4.06. The summed E-state index contributed by atoms with van der Waals surface area (Å²) in [7, 11) is 0. The Balaban J connectivity index is 1.53. The number of nitrogens with zero attached hydrogens (tertiary/aromatic N) is 3. The van der Waals surface area contributed by atoms with E-state index in [1.165, 1.54) is 4.90 Å². The normalized spacial score (nSPS) is 33.5. The summed E-state index contributed by atoms with van der Waals surface area (Å²) in [6.45, 7) is 0.847. The number of piperidine rings is 2. The monoisotopic (exact) mass is 583 g/mol. The van der Waals surface area contributed by atoms with E-state index in [2.05, 4.69) is 10.7 Å². The highest BCUT2D eigenvalue weighted by Crippen LogP contribution is 2.58. The Morgan fingerprint density at radius 1 is 0.951 bits per heavy atom. The SMILES string of the molecule is CC1=C2C(=C(N)C(F)(F)C1(NN1CCC(O)(CO)CC1)N1CCC(O)(CO)CC1)C(=O)NC(=O)[N+]2(C1CC1)C1CC1. The number of nitrogens with two attached hydrogens (primary N) is 1. The van der Waals surface area contributed by atoms with Crippen molar-refractivity contribution in [1.29, 1.82) is 0 Å². The van der Waals surface area contributed by atoms with Crippen molar-refractivity contribution in [2.75, 3.05) is 39.4 Å². The first kappa shape index (κ1) is 29.1. The Hall–Kier alpha value is -2.04. The third-order valence-electron chi connectivity index (χ3n) is 10.4. The smallest absolute Gasteiger partial charge is 0.396 e. The van der Waals surface area contributed by atoms with Crippen LogP contribution in [0, 0.1) is 0 Å². The minimum atomic E-state index is -3.84. The molecule has 228 valence electrons. The number of aliphatic hydroxyl groups excluding tert-OH is 2. The van der Waals surface area contributed by atoms with Crippen LogP contribution in [-0.2, 0) is 4.79 Å². The number of hydrazine groups is 1. The van der Waals surface area contributed by atoms with Crippen molar-refractivity contribution >= 4 is 11.9 Å². The van der Waals surface area contributed by atoms with Crippen LogP contribution in [-0.4, -0.2) is 121 Å². The highest BCUT2D eigenvalue weighted by Gasteiger charge is 2.73. The van der Waals surface area contributed by atoms with Crippen molar-refractivity contribution < 1.29 is 43.3 Å². The maximum absolute atomic E-state index is 17.1. The number of rotatable bonds is 7. The predicted molar refractivity (Wildman–Crippen MR) is 140 cm³/mol. The molecule has 3 aliphatic heterocycles. The van der Waals surface area contributed by atoms with Gasteiger partial charge in [-0.2, -0.15) is 8.78 Å². The van der Waals surface area contributed by atoms with Crippen LogP contribution >= 0.6 is 0 Å². The minimum Gasteiger partial charge on any atom is -0.396 e. The zero-order valence-corrected chi connectivity index (χ0v) is 23.3. The molecule has 0 aromatic carbocycles. The van der Waals surface area contributed by atoms with Crippen molar-refractivity contribution in [3.63, 3.8) is 0 Å². The van der Waals surface area contributed by atoms with Gasteiger partial charge in [-0.3, -0.25) is 9.69 Å². The number of quaternary nitrogens is 1. The lowest BCUT2D eigenvalue weighted by Gasteiger charge is -2.57. The summed E-state index contributed by atoms with van der Waals surface area (Å²) in [5.41, 5.74) is 3.50. The topological polar surface area (TPSA) is 172 Å². The summed E-state index contributed by atoms with van der Waals surface area (Å²) >= 11 is 0. The molecule has 1 unspecified atom stereocenters. The van der Waals surface area contributed by atoms with E-state index in [1.54, 1.807) is 11.9 Å². The number of imide groups is 1. The summed E-state index contributed by atoms with van der Waals surface area (Å²) in [5, 5.41) is 44.6. The van der Waals surface area contributed by atoms with Gasteiger partial charge in [0.1, 0.15) is 23.4 Å². The van der Waals surface area contributed by atoms with Crippen LogP contribution in [0.4, 0.5) is 13.6 Å². The van der Waals surface area contributed by atoms with Gasteiger partial charge in [0.25, 0.3) is 5.91 Å². The Kier molecular flexibility index (Phi) is 6.72. The molecule has 0 radical (unpaired) electrons. The summed E-state index contributed by atoms with van der Waals surface area (Å²) < 4.78 is 34.0. The van der Waals surface area contributed by atoms with Crippen molar-refractivity contribution in [3.05, 3.63) is 22.5 Å². The minimum absolute atomic E-state index is 0.0195. The van der Waals surface area contributed by atoms with Gasteiger partial charge in [-0.1, -0.05) is 0 Å². The van der Waals surface area contributed by atoms with Crippen LogP contribution in [0.25, 0.3) is 0 Å². The van der Waals surface area contributed by atoms with Crippen LogP contribution in [0.15, 0.2) is 22.5 Å². The van der Waals surface area contributed by atoms with Crippen molar-refractivity contribution in [2.24, 2.45) is 5.73 Å². The van der Waals surface area contributed by atoms with Crippen molar-refractivity contribution in [2.45, 2.75) is 93.2 Å². The van der Waals surface area contributed by atoms with Crippen molar-refractivity contribution in [3.8, 4) is 0 Å². The molecule has 8 N–H and O–H groups in total. The quantitative estimate of drug-likeness (QED) is 0.191. The fourth-order valence-electron chi connectivity index (χ4n) is 7.58. The molecule has 5 fully saturated rings. The second-order valence-corrected chi connectivity index (χ2v) is 12.9. The van der Waals surface area contributed by atoms with Crippen molar-refractivity contribution in [1.82, 2.24) is 20.7 Å². The maximum Gasteiger partial charge on any atom is 0.429 e. The van der Waals surface area contributed by atoms with E-state index in [9.17, 15) is 30.0 Å². The molecule has 0 aromatic rings. The molecule has 3 aliphatic carbocycles. The first-order chi connectivity index (χ1) is 19.3. The number of urea groups is 1. The molecule has 2 saturated carbocycles. The van der Waals surface area contributed by atoms with Gasteiger partial charge in [-0.25, -0.2) is 25.0 Å². The number of carbonyl (C=O) groups is 2. The van der Waals surface area contributed by atoms with E-state index in [-0.39, 0.29) is 85.3 Å². The molecule has 0 bridgehead atoms. The number of nitrogens with one attached hydrogen (secondary N) is 2. The van der Waals surface area contributed by atoms with E-state index in [4.69, 9.17) is 5.73 Å². The summed E-state index contributed by atoms with van der Waals surface area (Å²) in [6, 6.07) is -0.810. The molecule has 6 rings (SSSR count). The number of amides is 3. The van der Waals surface area contributed by atoms with Gasteiger partial charge in [0, 0.05) is 57.4 Å². The molecule has 3 amide bonds. The zero-order valence-electron chi connectivity index (χ0n) is 23.3. The molecule has 1 atom stereocenters. The summed E-state index contributed by atoms with van der Waals surface area (Å²) in [4.78, 5) is 28.5. The molecule has 3 saturated heterocycles. The van der Waals surface area contributed by atoms with Gasteiger partial charge in [-0.15, -0.1) is 0 Å². The number of hydrogen-bond donors (Lipinski definition) is 7. The van der Waals surface area contributed by atoms with Crippen LogP contribution in [0.2, 0.25) is 0 Å². The van der Waals surface area contributed by atoms with E-state index >= 15 is 8.78 Å². The average molecular weight is 584 g/mol. The first-order valence-electron chi connectivity index (χ1n) is 14.6. The molecule has 12 nitrogen and oxygen atoms in total. The second kappa shape index (κ2) is 9.48. The zero-order chi connectivity index (χ0) is 29.6. The molecule has 14 heteroatoms. The van der Waals surface area contributed by atoms with Gasteiger partial charge < -0.3 is 26.2 Å². The molecule has 6 aliphatic rings. The Bertz CT molecular complexity index is 1190. The molecular weight excluding hydrogens is 542 g/mol. The fraction of sp³-hybridized carbons (Fsp3) is 0.778.